The van der Waals surface area contributed by atoms with Gasteiger partial charge in [-0.25, -0.2) is 17.4 Å². The van der Waals surface area contributed by atoms with Crippen LogP contribution >= 0.6 is 11.6 Å². The summed E-state index contributed by atoms with van der Waals surface area (Å²) < 4.78 is 34.0. The second kappa shape index (κ2) is 8.64. The minimum Gasteiger partial charge on any atom is -0.378 e. The number of nitrogens with zero attached hydrogens (tertiary/aromatic N) is 4. The molecule has 1 aliphatic rings. The van der Waals surface area contributed by atoms with Gasteiger partial charge in [-0.1, -0.05) is 35.9 Å². The first kappa shape index (κ1) is 22.0. The van der Waals surface area contributed by atoms with E-state index in [1.54, 1.807) is 42.5 Å². The zero-order valence-electron chi connectivity index (χ0n) is 18.6. The van der Waals surface area contributed by atoms with Crippen LogP contribution in [0.4, 0.5) is 5.69 Å². The Morgan fingerprint density at radius 3 is 2.46 bits per heavy atom. The standard InChI is InChI=1S/C26H21ClN4O3S/c27-22-10-11-28-26-25(22)21-16-18(23-8-7-19(17-29-23)30-12-14-34-15-13-30)6-9-24(21)31(26)35(32,33)20-4-2-1-3-5-20/h1-11,16-17H,12-15H2. The van der Waals surface area contributed by atoms with Gasteiger partial charge in [0.05, 0.1) is 46.2 Å². The third-order valence-corrected chi connectivity index (χ3v) is 8.29. The van der Waals surface area contributed by atoms with Crippen LogP contribution in [0.1, 0.15) is 0 Å². The fourth-order valence-electron chi connectivity index (χ4n) is 4.52. The molecule has 0 N–H and O–H groups in total. The predicted molar refractivity (Wildman–Crippen MR) is 138 cm³/mol. The maximum absolute atomic E-state index is 13.6. The van der Waals surface area contributed by atoms with Gasteiger partial charge in [0.15, 0.2) is 5.65 Å². The minimum absolute atomic E-state index is 0.185. The van der Waals surface area contributed by atoms with Gasteiger partial charge in [0, 0.05) is 35.6 Å². The van der Waals surface area contributed by atoms with E-state index in [2.05, 4.69) is 20.9 Å². The van der Waals surface area contributed by atoms with Gasteiger partial charge in [0.25, 0.3) is 10.0 Å². The van der Waals surface area contributed by atoms with Crippen LogP contribution in [-0.2, 0) is 14.8 Å². The van der Waals surface area contributed by atoms with Gasteiger partial charge >= 0.3 is 0 Å². The number of hydrogen-bond acceptors (Lipinski definition) is 6. The van der Waals surface area contributed by atoms with E-state index in [1.165, 1.54) is 10.2 Å². The Hall–Kier alpha value is -3.46. The fourth-order valence-corrected chi connectivity index (χ4v) is 6.26. The van der Waals surface area contributed by atoms with Gasteiger partial charge in [-0.05, 0) is 42.5 Å². The van der Waals surface area contributed by atoms with E-state index < -0.39 is 10.0 Å². The van der Waals surface area contributed by atoms with Crippen molar-refractivity contribution in [1.29, 1.82) is 0 Å². The van der Waals surface area contributed by atoms with E-state index in [1.807, 2.05) is 24.4 Å². The van der Waals surface area contributed by atoms with Gasteiger partial charge in [-0.3, -0.25) is 4.98 Å². The molecule has 3 aromatic heterocycles. The topological polar surface area (TPSA) is 77.3 Å². The molecule has 2 aromatic carbocycles. The molecule has 9 heteroatoms. The largest absolute Gasteiger partial charge is 0.378 e. The van der Waals surface area contributed by atoms with E-state index in [0.717, 1.165) is 30.0 Å². The summed E-state index contributed by atoms with van der Waals surface area (Å²) in [4.78, 5) is 11.5. The summed E-state index contributed by atoms with van der Waals surface area (Å²) >= 11 is 6.57. The van der Waals surface area contributed by atoms with Crippen LogP contribution in [0.25, 0.3) is 33.2 Å². The molecule has 0 atom stereocenters. The quantitative estimate of drug-likeness (QED) is 0.343. The normalized spacial score (nSPS) is 14.6. The zero-order chi connectivity index (χ0) is 24.0. The first-order valence-electron chi connectivity index (χ1n) is 11.2. The lowest BCUT2D eigenvalue weighted by atomic mass is 10.1. The average Bonchev–Trinajstić information content (AvgIpc) is 3.25. The fraction of sp³-hybridized carbons (Fsp3) is 0.154. The number of pyridine rings is 2. The Balaban J connectivity index is 1.51. The Morgan fingerprint density at radius 1 is 0.914 bits per heavy atom. The summed E-state index contributed by atoms with van der Waals surface area (Å²) in [7, 11) is -3.90. The highest BCUT2D eigenvalue weighted by Gasteiger charge is 2.25. The molecule has 1 fully saturated rings. The molecule has 0 radical (unpaired) electrons. The molecule has 0 amide bonds. The molecule has 6 rings (SSSR count). The second-order valence-corrected chi connectivity index (χ2v) is 10.5. The van der Waals surface area contributed by atoms with Crippen molar-refractivity contribution in [2.75, 3.05) is 31.2 Å². The van der Waals surface area contributed by atoms with Crippen molar-refractivity contribution in [3.05, 3.63) is 84.1 Å². The summed E-state index contributed by atoms with van der Waals surface area (Å²) in [5, 5.41) is 1.74. The van der Waals surface area contributed by atoms with Crippen molar-refractivity contribution in [1.82, 2.24) is 13.9 Å². The Kier molecular flexibility index (Phi) is 5.44. The number of anilines is 1. The van der Waals surface area contributed by atoms with E-state index in [0.29, 0.717) is 40.2 Å². The van der Waals surface area contributed by atoms with Crippen LogP contribution in [0.5, 0.6) is 0 Å². The number of fused-ring (bicyclic) bond motifs is 3. The highest BCUT2D eigenvalue weighted by molar-refractivity contribution is 7.90. The first-order chi connectivity index (χ1) is 17.0. The van der Waals surface area contributed by atoms with Gasteiger partial charge < -0.3 is 9.64 Å². The molecule has 0 spiro atoms. The van der Waals surface area contributed by atoms with Crippen molar-refractivity contribution in [2.24, 2.45) is 0 Å². The molecule has 35 heavy (non-hydrogen) atoms. The summed E-state index contributed by atoms with van der Waals surface area (Å²) in [6.45, 7) is 3.11. The molecular weight excluding hydrogens is 484 g/mol. The first-order valence-corrected chi connectivity index (χ1v) is 13.0. The number of ether oxygens (including phenoxy) is 1. The zero-order valence-corrected chi connectivity index (χ0v) is 20.2. The summed E-state index contributed by atoms with van der Waals surface area (Å²) in [6.07, 6.45) is 3.38. The minimum atomic E-state index is -3.90. The molecular formula is C26H21ClN4O3S. The molecule has 5 aromatic rings. The average molecular weight is 505 g/mol. The number of hydrogen-bond donors (Lipinski definition) is 0. The number of aromatic nitrogens is 3. The van der Waals surface area contributed by atoms with Crippen molar-refractivity contribution in [3.63, 3.8) is 0 Å². The molecule has 0 unspecified atom stereocenters. The van der Waals surface area contributed by atoms with Gasteiger partial charge in [0.1, 0.15) is 0 Å². The van der Waals surface area contributed by atoms with Crippen molar-refractivity contribution in [2.45, 2.75) is 4.90 Å². The third-order valence-electron chi connectivity index (χ3n) is 6.26. The summed E-state index contributed by atoms with van der Waals surface area (Å²) in [5.41, 5.74) is 3.51. The monoisotopic (exact) mass is 504 g/mol. The lowest BCUT2D eigenvalue weighted by Gasteiger charge is -2.28. The number of morpholine rings is 1. The van der Waals surface area contributed by atoms with E-state index in [9.17, 15) is 8.42 Å². The third kappa shape index (κ3) is 3.74. The van der Waals surface area contributed by atoms with Crippen molar-refractivity contribution >= 4 is 49.2 Å². The highest BCUT2D eigenvalue weighted by Crippen LogP contribution is 2.37. The van der Waals surface area contributed by atoms with Crippen molar-refractivity contribution < 1.29 is 13.2 Å². The number of benzene rings is 2. The Labute approximate surface area is 207 Å². The van der Waals surface area contributed by atoms with Crippen LogP contribution in [-0.4, -0.2) is 48.7 Å². The summed E-state index contributed by atoms with van der Waals surface area (Å²) in [6, 6.07) is 19.6. The SMILES string of the molecule is O=S(=O)(c1ccccc1)n1c2ccc(-c3ccc(N4CCOCC4)cn3)cc2c2c(Cl)ccnc21. The maximum atomic E-state index is 13.6. The lowest BCUT2D eigenvalue weighted by Crippen LogP contribution is -2.36. The van der Waals surface area contributed by atoms with Crippen molar-refractivity contribution in [3.8, 4) is 11.3 Å². The maximum Gasteiger partial charge on any atom is 0.269 e. The van der Waals surface area contributed by atoms with Crippen LogP contribution in [0, 0.1) is 0 Å². The molecule has 176 valence electrons. The smallest absolute Gasteiger partial charge is 0.269 e. The van der Waals surface area contributed by atoms with Crippen LogP contribution < -0.4 is 4.90 Å². The molecule has 1 aliphatic heterocycles. The lowest BCUT2D eigenvalue weighted by molar-refractivity contribution is 0.122. The molecule has 1 saturated heterocycles. The second-order valence-electron chi connectivity index (χ2n) is 8.31. The molecule has 0 aliphatic carbocycles. The summed E-state index contributed by atoms with van der Waals surface area (Å²) in [5.74, 6) is 0. The number of halogens is 1. The number of rotatable bonds is 4. The molecule has 4 heterocycles. The molecule has 0 bridgehead atoms. The predicted octanol–water partition coefficient (Wildman–Crippen LogP) is 4.98. The van der Waals surface area contributed by atoms with E-state index in [-0.39, 0.29) is 4.90 Å². The van der Waals surface area contributed by atoms with Crippen LogP contribution in [0.3, 0.4) is 0 Å². The van der Waals surface area contributed by atoms with E-state index in [4.69, 9.17) is 16.3 Å². The van der Waals surface area contributed by atoms with Gasteiger partial charge in [-0.2, -0.15) is 0 Å². The van der Waals surface area contributed by atoms with Crippen LogP contribution in [0.15, 0.2) is 84.0 Å². The van der Waals surface area contributed by atoms with Gasteiger partial charge in [0.2, 0.25) is 0 Å². The van der Waals surface area contributed by atoms with Crippen LogP contribution in [0.2, 0.25) is 5.02 Å². The Morgan fingerprint density at radius 2 is 1.71 bits per heavy atom. The van der Waals surface area contributed by atoms with E-state index >= 15 is 0 Å². The highest BCUT2D eigenvalue weighted by atomic mass is 35.5. The van der Waals surface area contributed by atoms with Gasteiger partial charge in [-0.15, -0.1) is 0 Å². The molecule has 0 saturated carbocycles. The molecule has 7 nitrogen and oxygen atoms in total. The Bertz CT molecular complexity index is 1650.